The van der Waals surface area contributed by atoms with Crippen molar-refractivity contribution >= 4 is 27.7 Å². The van der Waals surface area contributed by atoms with Gasteiger partial charge in [-0.2, -0.15) is 16.5 Å². The van der Waals surface area contributed by atoms with Gasteiger partial charge in [-0.3, -0.25) is 4.79 Å². The summed E-state index contributed by atoms with van der Waals surface area (Å²) in [6.07, 6.45) is 2.31. The fraction of sp³-hybridized carbons (Fsp3) is 0.533. The molecule has 0 spiro atoms. The lowest BCUT2D eigenvalue weighted by Crippen LogP contribution is -2.52. The Morgan fingerprint density at radius 2 is 1.91 bits per heavy atom. The fourth-order valence-corrected chi connectivity index (χ4v) is 3.49. The van der Waals surface area contributed by atoms with Gasteiger partial charge in [0.25, 0.3) is 0 Å². The number of hydrogen-bond donors (Lipinski definition) is 3. The molecule has 0 fully saturated rings. The van der Waals surface area contributed by atoms with Crippen LogP contribution in [0, 0.1) is 0 Å². The van der Waals surface area contributed by atoms with Crippen LogP contribution in [0.3, 0.4) is 0 Å². The average molecular weight is 360 g/mol. The van der Waals surface area contributed by atoms with Crippen LogP contribution in [-0.4, -0.2) is 44.5 Å². The van der Waals surface area contributed by atoms with Crippen molar-refractivity contribution in [3.05, 3.63) is 30.3 Å². The lowest BCUT2D eigenvalue weighted by molar-refractivity contribution is -0.123. The second kappa shape index (κ2) is 8.68. The molecule has 1 aromatic carbocycles. The van der Waals surface area contributed by atoms with Gasteiger partial charge >= 0.3 is 0 Å². The van der Waals surface area contributed by atoms with Crippen molar-refractivity contribution in [3.8, 4) is 0 Å². The summed E-state index contributed by atoms with van der Waals surface area (Å²) in [6.45, 7) is 3.85. The van der Waals surface area contributed by atoms with Crippen LogP contribution in [0.5, 0.6) is 0 Å². The minimum atomic E-state index is -3.74. The SMILES string of the molecule is CSCCC(NS(=O)(=O)c1ccccc1)C(=O)NCC(C)(C)N. The van der Waals surface area contributed by atoms with Crippen molar-refractivity contribution in [1.29, 1.82) is 0 Å². The summed E-state index contributed by atoms with van der Waals surface area (Å²) in [5.74, 6) is 0.304. The van der Waals surface area contributed by atoms with Gasteiger partial charge in [-0.05, 0) is 44.4 Å². The Kier molecular flexibility index (Phi) is 7.53. The molecule has 0 aliphatic rings. The summed E-state index contributed by atoms with van der Waals surface area (Å²) in [6, 6.07) is 7.18. The summed E-state index contributed by atoms with van der Waals surface area (Å²) >= 11 is 1.55. The first-order valence-corrected chi connectivity index (χ1v) is 10.2. The van der Waals surface area contributed by atoms with E-state index in [1.54, 1.807) is 43.8 Å². The zero-order valence-corrected chi connectivity index (χ0v) is 15.3. The minimum absolute atomic E-state index is 0.140. The highest BCUT2D eigenvalue weighted by Crippen LogP contribution is 2.10. The van der Waals surface area contributed by atoms with Gasteiger partial charge in [0.2, 0.25) is 15.9 Å². The third-order valence-electron chi connectivity index (χ3n) is 3.00. The molecular weight excluding hydrogens is 334 g/mol. The van der Waals surface area contributed by atoms with Crippen LogP contribution in [0.25, 0.3) is 0 Å². The van der Waals surface area contributed by atoms with Crippen LogP contribution in [0.2, 0.25) is 0 Å². The first-order chi connectivity index (χ1) is 10.7. The quantitative estimate of drug-likeness (QED) is 0.609. The number of nitrogens with one attached hydrogen (secondary N) is 2. The lowest BCUT2D eigenvalue weighted by Gasteiger charge is -2.22. The average Bonchev–Trinajstić information content (AvgIpc) is 2.49. The van der Waals surface area contributed by atoms with Crippen LogP contribution in [-0.2, 0) is 14.8 Å². The van der Waals surface area contributed by atoms with Gasteiger partial charge in [0.15, 0.2) is 0 Å². The first-order valence-electron chi connectivity index (χ1n) is 7.28. The molecule has 0 radical (unpaired) electrons. The molecule has 1 amide bonds. The highest BCUT2D eigenvalue weighted by Gasteiger charge is 2.26. The minimum Gasteiger partial charge on any atom is -0.353 e. The summed E-state index contributed by atoms with van der Waals surface area (Å²) in [5.41, 5.74) is 5.29. The predicted octanol–water partition coefficient (Wildman–Crippen LogP) is 0.940. The van der Waals surface area contributed by atoms with E-state index in [0.717, 1.165) is 0 Å². The van der Waals surface area contributed by atoms with Crippen LogP contribution in [0.1, 0.15) is 20.3 Å². The Morgan fingerprint density at radius 1 is 1.30 bits per heavy atom. The molecule has 1 aromatic rings. The summed E-state index contributed by atoms with van der Waals surface area (Å²) in [5, 5.41) is 2.71. The molecule has 8 heteroatoms. The Labute approximate surface area is 142 Å². The molecule has 0 heterocycles. The number of carbonyl (C=O) groups is 1. The molecule has 1 unspecified atom stereocenters. The molecule has 0 aliphatic carbocycles. The Bertz CT molecular complexity index is 598. The number of nitrogens with two attached hydrogens (primary N) is 1. The monoisotopic (exact) mass is 359 g/mol. The van der Waals surface area contributed by atoms with Gasteiger partial charge in [-0.1, -0.05) is 18.2 Å². The Balaban J connectivity index is 2.83. The molecule has 0 bridgehead atoms. The van der Waals surface area contributed by atoms with E-state index < -0.39 is 21.6 Å². The van der Waals surface area contributed by atoms with Crippen LogP contribution in [0.15, 0.2) is 35.2 Å². The van der Waals surface area contributed by atoms with Crippen molar-refractivity contribution in [2.24, 2.45) is 5.73 Å². The Morgan fingerprint density at radius 3 is 2.43 bits per heavy atom. The number of rotatable bonds is 9. The number of hydrogen-bond acceptors (Lipinski definition) is 5. The summed E-state index contributed by atoms with van der Waals surface area (Å²) < 4.78 is 27.3. The van der Waals surface area contributed by atoms with Gasteiger partial charge in [-0.25, -0.2) is 8.42 Å². The first kappa shape index (κ1) is 20.0. The van der Waals surface area contributed by atoms with E-state index in [-0.39, 0.29) is 17.3 Å². The summed E-state index contributed by atoms with van der Waals surface area (Å²) in [4.78, 5) is 12.4. The van der Waals surface area contributed by atoms with Gasteiger partial charge in [0.05, 0.1) is 4.90 Å². The summed E-state index contributed by atoms with van der Waals surface area (Å²) in [7, 11) is -3.74. The van der Waals surface area contributed by atoms with E-state index in [1.807, 2.05) is 6.26 Å². The van der Waals surface area contributed by atoms with Gasteiger partial charge < -0.3 is 11.1 Å². The van der Waals surface area contributed by atoms with Gasteiger partial charge in [-0.15, -0.1) is 0 Å². The third-order valence-corrected chi connectivity index (χ3v) is 5.13. The normalized spacial score (nSPS) is 13.6. The maximum atomic E-state index is 12.4. The van der Waals surface area contributed by atoms with Crippen LogP contribution >= 0.6 is 11.8 Å². The second-order valence-corrected chi connectivity index (χ2v) is 8.67. The van der Waals surface area contributed by atoms with E-state index in [0.29, 0.717) is 12.2 Å². The van der Waals surface area contributed by atoms with Crippen molar-refractivity contribution in [2.75, 3.05) is 18.6 Å². The van der Waals surface area contributed by atoms with E-state index in [4.69, 9.17) is 5.73 Å². The van der Waals surface area contributed by atoms with Crippen molar-refractivity contribution in [2.45, 2.75) is 36.7 Å². The molecule has 0 aliphatic heterocycles. The van der Waals surface area contributed by atoms with E-state index >= 15 is 0 Å². The molecule has 1 atom stereocenters. The predicted molar refractivity (Wildman–Crippen MR) is 94.8 cm³/mol. The molecule has 0 aromatic heterocycles. The van der Waals surface area contributed by atoms with Gasteiger partial charge in [0, 0.05) is 12.1 Å². The number of carbonyl (C=O) groups excluding carboxylic acids is 1. The molecule has 130 valence electrons. The van der Waals surface area contributed by atoms with Crippen molar-refractivity contribution in [3.63, 3.8) is 0 Å². The van der Waals surface area contributed by atoms with E-state index in [9.17, 15) is 13.2 Å². The number of amides is 1. The lowest BCUT2D eigenvalue weighted by atomic mass is 10.1. The molecule has 0 saturated heterocycles. The molecule has 1 rings (SSSR count). The maximum absolute atomic E-state index is 12.4. The zero-order valence-electron chi connectivity index (χ0n) is 13.7. The second-order valence-electron chi connectivity index (χ2n) is 5.97. The molecule has 4 N–H and O–H groups in total. The highest BCUT2D eigenvalue weighted by atomic mass is 32.2. The van der Waals surface area contributed by atoms with Crippen molar-refractivity contribution < 1.29 is 13.2 Å². The smallest absolute Gasteiger partial charge is 0.241 e. The number of sulfonamides is 1. The molecular formula is C15H25N3O3S2. The number of benzene rings is 1. The molecule has 6 nitrogen and oxygen atoms in total. The zero-order chi connectivity index (χ0) is 17.5. The van der Waals surface area contributed by atoms with E-state index in [2.05, 4.69) is 10.0 Å². The highest BCUT2D eigenvalue weighted by molar-refractivity contribution is 7.98. The topological polar surface area (TPSA) is 101 Å². The standard InChI is InChI=1S/C15H25N3O3S2/c1-15(2,16)11-17-14(19)13(9-10-22-3)18-23(20,21)12-7-5-4-6-8-12/h4-8,13,18H,9-11,16H2,1-3H3,(H,17,19). The Hall–Kier alpha value is -1.09. The fourth-order valence-electron chi connectivity index (χ4n) is 1.77. The number of thioether (sulfide) groups is 1. The van der Waals surface area contributed by atoms with Crippen molar-refractivity contribution in [1.82, 2.24) is 10.0 Å². The van der Waals surface area contributed by atoms with Crippen LogP contribution in [0.4, 0.5) is 0 Å². The van der Waals surface area contributed by atoms with E-state index in [1.165, 1.54) is 12.1 Å². The maximum Gasteiger partial charge on any atom is 0.241 e. The largest absolute Gasteiger partial charge is 0.353 e. The molecule has 0 saturated carbocycles. The van der Waals surface area contributed by atoms with Gasteiger partial charge in [0.1, 0.15) is 6.04 Å². The van der Waals surface area contributed by atoms with Crippen LogP contribution < -0.4 is 15.8 Å². The third kappa shape index (κ3) is 7.34. The molecule has 23 heavy (non-hydrogen) atoms.